The first-order valence-corrected chi connectivity index (χ1v) is 5.36. The van der Waals surface area contributed by atoms with Crippen molar-refractivity contribution in [1.29, 1.82) is 0 Å². The van der Waals surface area contributed by atoms with Crippen molar-refractivity contribution in [1.82, 2.24) is 5.32 Å². The van der Waals surface area contributed by atoms with Crippen molar-refractivity contribution in [3.05, 3.63) is 23.5 Å². The van der Waals surface area contributed by atoms with Crippen molar-refractivity contribution in [3.8, 4) is 11.5 Å². The van der Waals surface area contributed by atoms with Gasteiger partial charge in [0.2, 0.25) is 0 Å². The van der Waals surface area contributed by atoms with Crippen molar-refractivity contribution >= 4 is 0 Å². The first-order valence-electron chi connectivity index (χ1n) is 5.36. The average molecular weight is 225 g/mol. The topological polar surface area (TPSA) is 30.5 Å². The SMILES string of the molecule is COc1ccc(F)c(OC)c1CC1CNC1. The number of ether oxygens (including phenoxy) is 2. The number of methoxy groups -OCH3 is 2. The second kappa shape index (κ2) is 4.70. The molecule has 16 heavy (non-hydrogen) atoms. The Morgan fingerprint density at radius 2 is 2.06 bits per heavy atom. The van der Waals surface area contributed by atoms with E-state index in [1.54, 1.807) is 13.2 Å². The third-order valence-corrected chi connectivity index (χ3v) is 2.95. The third kappa shape index (κ3) is 1.97. The molecule has 0 bridgehead atoms. The standard InChI is InChI=1S/C12H16FNO2/c1-15-11-4-3-10(13)12(16-2)9(11)5-8-6-14-7-8/h3-4,8,14H,5-7H2,1-2H3. The summed E-state index contributed by atoms with van der Waals surface area (Å²) in [6.07, 6.45) is 0.789. The molecule has 1 fully saturated rings. The average Bonchev–Trinajstić information content (AvgIpc) is 2.23. The van der Waals surface area contributed by atoms with Gasteiger partial charge in [-0.05, 0) is 37.6 Å². The number of hydrogen-bond donors (Lipinski definition) is 1. The monoisotopic (exact) mass is 225 g/mol. The smallest absolute Gasteiger partial charge is 0.165 e. The fraction of sp³-hybridized carbons (Fsp3) is 0.500. The molecule has 1 N–H and O–H groups in total. The Bertz CT molecular complexity index is 378. The van der Waals surface area contributed by atoms with E-state index in [1.165, 1.54) is 13.2 Å². The molecule has 88 valence electrons. The van der Waals surface area contributed by atoms with Crippen LogP contribution in [0.3, 0.4) is 0 Å². The highest BCUT2D eigenvalue weighted by Crippen LogP contribution is 2.33. The van der Waals surface area contributed by atoms with E-state index in [0.717, 1.165) is 25.1 Å². The maximum absolute atomic E-state index is 13.5. The van der Waals surface area contributed by atoms with E-state index >= 15 is 0 Å². The fourth-order valence-corrected chi connectivity index (χ4v) is 1.97. The van der Waals surface area contributed by atoms with Gasteiger partial charge in [0.25, 0.3) is 0 Å². The Kier molecular flexibility index (Phi) is 3.29. The molecule has 0 amide bonds. The number of benzene rings is 1. The van der Waals surface area contributed by atoms with Gasteiger partial charge in [-0.3, -0.25) is 0 Å². The zero-order valence-electron chi connectivity index (χ0n) is 9.55. The summed E-state index contributed by atoms with van der Waals surface area (Å²) in [6.45, 7) is 1.95. The molecule has 1 saturated heterocycles. The molecule has 0 radical (unpaired) electrons. The normalized spacial score (nSPS) is 15.7. The first-order chi connectivity index (χ1) is 7.76. The van der Waals surface area contributed by atoms with Crippen molar-refractivity contribution in [3.63, 3.8) is 0 Å². The molecule has 1 aromatic rings. The lowest BCUT2D eigenvalue weighted by Crippen LogP contribution is -2.43. The minimum atomic E-state index is -0.328. The Morgan fingerprint density at radius 1 is 1.31 bits per heavy atom. The highest BCUT2D eigenvalue weighted by atomic mass is 19.1. The van der Waals surface area contributed by atoms with Gasteiger partial charge in [-0.15, -0.1) is 0 Å². The number of halogens is 1. The van der Waals surface area contributed by atoms with E-state index in [0.29, 0.717) is 17.4 Å². The molecule has 0 aliphatic carbocycles. The molecule has 2 rings (SSSR count). The summed E-state index contributed by atoms with van der Waals surface area (Å²) in [7, 11) is 3.08. The zero-order chi connectivity index (χ0) is 11.5. The van der Waals surface area contributed by atoms with Crippen LogP contribution in [-0.2, 0) is 6.42 Å². The van der Waals surface area contributed by atoms with Gasteiger partial charge in [0.15, 0.2) is 11.6 Å². The second-order valence-corrected chi connectivity index (χ2v) is 3.99. The molecule has 3 nitrogen and oxygen atoms in total. The maximum Gasteiger partial charge on any atom is 0.165 e. The van der Waals surface area contributed by atoms with Crippen LogP contribution >= 0.6 is 0 Å². The highest BCUT2D eigenvalue weighted by molar-refractivity contribution is 5.46. The van der Waals surface area contributed by atoms with E-state index in [-0.39, 0.29) is 5.82 Å². The predicted octanol–water partition coefficient (Wildman–Crippen LogP) is 1.60. The molecular formula is C12H16FNO2. The minimum Gasteiger partial charge on any atom is -0.496 e. The molecule has 1 aliphatic heterocycles. The lowest BCUT2D eigenvalue weighted by molar-refractivity contribution is 0.322. The Balaban J connectivity index is 2.32. The van der Waals surface area contributed by atoms with E-state index in [1.807, 2.05) is 0 Å². The second-order valence-electron chi connectivity index (χ2n) is 3.99. The summed E-state index contributed by atoms with van der Waals surface area (Å²) >= 11 is 0. The Labute approximate surface area is 94.6 Å². The van der Waals surface area contributed by atoms with E-state index < -0.39 is 0 Å². The molecule has 0 spiro atoms. The lowest BCUT2D eigenvalue weighted by atomic mass is 9.93. The van der Waals surface area contributed by atoms with Gasteiger partial charge in [-0.2, -0.15) is 0 Å². The largest absolute Gasteiger partial charge is 0.496 e. The van der Waals surface area contributed by atoms with Crippen LogP contribution < -0.4 is 14.8 Å². The number of hydrogen-bond acceptors (Lipinski definition) is 3. The molecule has 1 heterocycles. The van der Waals surface area contributed by atoms with Crippen LogP contribution in [0.4, 0.5) is 4.39 Å². The quantitative estimate of drug-likeness (QED) is 0.844. The third-order valence-electron chi connectivity index (χ3n) is 2.95. The van der Waals surface area contributed by atoms with Gasteiger partial charge in [-0.25, -0.2) is 4.39 Å². The van der Waals surface area contributed by atoms with Gasteiger partial charge in [0.1, 0.15) is 5.75 Å². The van der Waals surface area contributed by atoms with Gasteiger partial charge in [0.05, 0.1) is 14.2 Å². The first kappa shape index (κ1) is 11.2. The van der Waals surface area contributed by atoms with Crippen LogP contribution in [0.5, 0.6) is 11.5 Å². The van der Waals surface area contributed by atoms with E-state index in [4.69, 9.17) is 9.47 Å². The molecule has 4 heteroatoms. The van der Waals surface area contributed by atoms with Gasteiger partial charge in [-0.1, -0.05) is 0 Å². The van der Waals surface area contributed by atoms with Crippen molar-refractivity contribution in [2.75, 3.05) is 27.3 Å². The van der Waals surface area contributed by atoms with Crippen molar-refractivity contribution < 1.29 is 13.9 Å². The van der Waals surface area contributed by atoms with Crippen LogP contribution in [0.15, 0.2) is 12.1 Å². The van der Waals surface area contributed by atoms with Crippen LogP contribution in [0.2, 0.25) is 0 Å². The molecular weight excluding hydrogens is 209 g/mol. The van der Waals surface area contributed by atoms with Crippen molar-refractivity contribution in [2.45, 2.75) is 6.42 Å². The highest BCUT2D eigenvalue weighted by Gasteiger charge is 2.23. The number of nitrogens with one attached hydrogen (secondary N) is 1. The summed E-state index contributed by atoms with van der Waals surface area (Å²) in [5.74, 6) is 1.23. The summed E-state index contributed by atoms with van der Waals surface area (Å²) < 4.78 is 23.9. The predicted molar refractivity (Wildman–Crippen MR) is 59.6 cm³/mol. The van der Waals surface area contributed by atoms with Gasteiger partial charge >= 0.3 is 0 Å². The maximum atomic E-state index is 13.5. The van der Waals surface area contributed by atoms with Crippen LogP contribution in [0, 0.1) is 11.7 Å². The number of rotatable bonds is 4. The zero-order valence-corrected chi connectivity index (χ0v) is 9.55. The summed E-state index contributed by atoms with van der Waals surface area (Å²) in [5.41, 5.74) is 0.830. The van der Waals surface area contributed by atoms with Gasteiger partial charge < -0.3 is 14.8 Å². The van der Waals surface area contributed by atoms with Gasteiger partial charge in [0, 0.05) is 5.56 Å². The summed E-state index contributed by atoms with van der Waals surface area (Å²) in [4.78, 5) is 0. The molecule has 0 unspecified atom stereocenters. The molecule has 0 atom stereocenters. The molecule has 0 saturated carbocycles. The Morgan fingerprint density at radius 3 is 2.56 bits per heavy atom. The van der Waals surface area contributed by atoms with Crippen LogP contribution in [0.25, 0.3) is 0 Å². The Hall–Kier alpha value is -1.29. The van der Waals surface area contributed by atoms with Crippen LogP contribution in [0.1, 0.15) is 5.56 Å². The molecule has 1 aromatic carbocycles. The summed E-state index contributed by atoms with van der Waals surface area (Å²) in [6, 6.07) is 3.03. The lowest BCUT2D eigenvalue weighted by Gasteiger charge is -2.28. The van der Waals surface area contributed by atoms with E-state index in [9.17, 15) is 4.39 Å². The fourth-order valence-electron chi connectivity index (χ4n) is 1.97. The molecule has 0 aromatic heterocycles. The van der Waals surface area contributed by atoms with Crippen LogP contribution in [-0.4, -0.2) is 27.3 Å². The van der Waals surface area contributed by atoms with Crippen molar-refractivity contribution in [2.24, 2.45) is 5.92 Å². The summed E-state index contributed by atoms with van der Waals surface area (Å²) in [5, 5.41) is 3.20. The van der Waals surface area contributed by atoms with E-state index in [2.05, 4.69) is 5.32 Å². The minimum absolute atomic E-state index is 0.311. The molecule has 1 aliphatic rings.